The number of carbonyl (C=O) groups excluding carboxylic acids is 1. The molecule has 0 unspecified atom stereocenters. The monoisotopic (exact) mass is 197 g/mol. The molecule has 3 nitrogen and oxygen atoms in total. The van der Waals surface area contributed by atoms with E-state index in [1.54, 1.807) is 6.08 Å². The van der Waals surface area contributed by atoms with Crippen molar-refractivity contribution in [2.75, 3.05) is 0 Å². The third kappa shape index (κ3) is 5.54. The molecule has 0 rings (SSSR count). The summed E-state index contributed by atoms with van der Waals surface area (Å²) in [6, 6.07) is -0.0482. The summed E-state index contributed by atoms with van der Waals surface area (Å²) in [5.41, 5.74) is 0. The van der Waals surface area contributed by atoms with Crippen molar-refractivity contribution in [1.82, 2.24) is 5.32 Å². The highest BCUT2D eigenvalue weighted by Crippen LogP contribution is 2.06. The number of carbonyl (C=O) groups is 1. The molecule has 1 amide bonds. The Morgan fingerprint density at radius 1 is 1.57 bits per heavy atom. The van der Waals surface area contributed by atoms with Gasteiger partial charge in [0.25, 0.3) is 0 Å². The fourth-order valence-corrected chi connectivity index (χ4v) is 1.17. The maximum Gasteiger partial charge on any atom is 0.243 e. The maximum absolute atomic E-state index is 11.0. The summed E-state index contributed by atoms with van der Waals surface area (Å²) in [6.45, 7) is 8.89. The maximum atomic E-state index is 11.0. The number of rotatable bonds is 7. The first kappa shape index (κ1) is 12.9. The zero-order chi connectivity index (χ0) is 11.0. The lowest BCUT2D eigenvalue weighted by Gasteiger charge is -2.18. The Bertz CT molecular complexity index is 201. The summed E-state index contributed by atoms with van der Waals surface area (Å²) in [5, 5.41) is 12.2. The van der Waals surface area contributed by atoms with Crippen LogP contribution in [0, 0.1) is 0 Å². The predicted molar refractivity (Wildman–Crippen MR) is 57.9 cm³/mol. The van der Waals surface area contributed by atoms with E-state index in [1.807, 2.05) is 6.92 Å². The van der Waals surface area contributed by atoms with Gasteiger partial charge in [-0.15, -0.1) is 6.58 Å². The third-order valence-corrected chi connectivity index (χ3v) is 2.01. The van der Waals surface area contributed by atoms with Gasteiger partial charge in [0.1, 0.15) is 0 Å². The number of hydrogen-bond acceptors (Lipinski definition) is 2. The standard InChI is InChI=1S/C11H19NO2/c1-4-7-9(8-10(13)5-2)12-11(14)6-3/h4,6,9-10,13H,1,3,5,7-8H2,2H3,(H,12,14)/t9-,10-/m0/s1. The summed E-state index contributed by atoms with van der Waals surface area (Å²) in [4.78, 5) is 11.0. The summed E-state index contributed by atoms with van der Waals surface area (Å²) >= 11 is 0. The van der Waals surface area contributed by atoms with Crippen molar-refractivity contribution in [3.05, 3.63) is 25.3 Å². The Balaban J connectivity index is 4.06. The van der Waals surface area contributed by atoms with Gasteiger partial charge in [0, 0.05) is 6.04 Å². The molecule has 0 aromatic carbocycles. The third-order valence-electron chi connectivity index (χ3n) is 2.01. The van der Waals surface area contributed by atoms with E-state index in [0.717, 1.165) is 0 Å². The molecule has 0 aliphatic carbocycles. The van der Waals surface area contributed by atoms with Crippen LogP contribution in [0.3, 0.4) is 0 Å². The van der Waals surface area contributed by atoms with Crippen LogP contribution in [0.5, 0.6) is 0 Å². The van der Waals surface area contributed by atoms with E-state index in [0.29, 0.717) is 19.3 Å². The summed E-state index contributed by atoms with van der Waals surface area (Å²) in [6.07, 6.45) is 4.51. The number of amides is 1. The first-order valence-corrected chi connectivity index (χ1v) is 4.85. The molecule has 80 valence electrons. The first-order valence-electron chi connectivity index (χ1n) is 4.85. The highest BCUT2D eigenvalue weighted by Gasteiger charge is 2.12. The van der Waals surface area contributed by atoms with Crippen LogP contribution in [0.25, 0.3) is 0 Å². The van der Waals surface area contributed by atoms with E-state index < -0.39 is 0 Å². The van der Waals surface area contributed by atoms with Gasteiger partial charge in [0.05, 0.1) is 6.10 Å². The lowest BCUT2D eigenvalue weighted by molar-refractivity contribution is -0.117. The van der Waals surface area contributed by atoms with Crippen LogP contribution < -0.4 is 5.32 Å². The molecule has 0 aliphatic heterocycles. The molecule has 0 saturated heterocycles. The molecule has 0 spiro atoms. The Kier molecular flexibility index (Phi) is 6.76. The van der Waals surface area contributed by atoms with Crippen molar-refractivity contribution in [2.45, 2.75) is 38.3 Å². The molecule has 0 fully saturated rings. The molecular formula is C11H19NO2. The largest absolute Gasteiger partial charge is 0.393 e. The molecular weight excluding hydrogens is 178 g/mol. The fraction of sp³-hybridized carbons (Fsp3) is 0.545. The Hall–Kier alpha value is -1.09. The molecule has 14 heavy (non-hydrogen) atoms. The molecule has 0 aromatic heterocycles. The minimum absolute atomic E-state index is 0.0482. The molecule has 0 bridgehead atoms. The van der Waals surface area contributed by atoms with Crippen LogP contribution in [0.15, 0.2) is 25.3 Å². The molecule has 2 atom stereocenters. The van der Waals surface area contributed by atoms with Crippen LogP contribution in [0.2, 0.25) is 0 Å². The average molecular weight is 197 g/mol. The van der Waals surface area contributed by atoms with E-state index in [-0.39, 0.29) is 18.1 Å². The molecule has 0 aromatic rings. The smallest absolute Gasteiger partial charge is 0.243 e. The highest BCUT2D eigenvalue weighted by atomic mass is 16.3. The van der Waals surface area contributed by atoms with Gasteiger partial charge < -0.3 is 10.4 Å². The zero-order valence-corrected chi connectivity index (χ0v) is 8.70. The van der Waals surface area contributed by atoms with Crippen molar-refractivity contribution in [3.8, 4) is 0 Å². The Morgan fingerprint density at radius 3 is 2.64 bits per heavy atom. The number of aliphatic hydroxyl groups excluding tert-OH is 1. The van der Waals surface area contributed by atoms with Crippen molar-refractivity contribution in [1.29, 1.82) is 0 Å². The molecule has 2 N–H and O–H groups in total. The minimum Gasteiger partial charge on any atom is -0.393 e. The molecule has 0 saturated carbocycles. The number of aliphatic hydroxyl groups is 1. The van der Waals surface area contributed by atoms with Gasteiger partial charge in [-0.1, -0.05) is 19.6 Å². The number of hydrogen-bond donors (Lipinski definition) is 2. The van der Waals surface area contributed by atoms with Crippen molar-refractivity contribution in [3.63, 3.8) is 0 Å². The van der Waals surface area contributed by atoms with Crippen molar-refractivity contribution in [2.24, 2.45) is 0 Å². The second kappa shape index (κ2) is 7.33. The zero-order valence-electron chi connectivity index (χ0n) is 8.70. The van der Waals surface area contributed by atoms with Gasteiger partial charge >= 0.3 is 0 Å². The summed E-state index contributed by atoms with van der Waals surface area (Å²) in [7, 11) is 0. The summed E-state index contributed by atoms with van der Waals surface area (Å²) in [5.74, 6) is -0.208. The molecule has 0 aliphatic rings. The number of nitrogens with one attached hydrogen (secondary N) is 1. The predicted octanol–water partition coefficient (Wildman–Crippen LogP) is 1.39. The van der Waals surface area contributed by atoms with Crippen LogP contribution in [-0.4, -0.2) is 23.2 Å². The molecule has 0 heterocycles. The lowest BCUT2D eigenvalue weighted by Crippen LogP contribution is -2.35. The van der Waals surface area contributed by atoms with Gasteiger partial charge in [0.2, 0.25) is 5.91 Å². The Morgan fingerprint density at radius 2 is 2.21 bits per heavy atom. The SMILES string of the molecule is C=CC[C@@H](C[C@@H](O)CC)NC(=O)C=C. The van der Waals surface area contributed by atoms with Crippen LogP contribution >= 0.6 is 0 Å². The van der Waals surface area contributed by atoms with E-state index in [2.05, 4.69) is 18.5 Å². The normalized spacial score (nSPS) is 14.1. The van der Waals surface area contributed by atoms with Crippen LogP contribution in [-0.2, 0) is 4.79 Å². The minimum atomic E-state index is -0.370. The van der Waals surface area contributed by atoms with Gasteiger partial charge in [0.15, 0.2) is 0 Å². The van der Waals surface area contributed by atoms with E-state index in [1.165, 1.54) is 6.08 Å². The second-order valence-electron chi connectivity index (χ2n) is 3.23. The van der Waals surface area contributed by atoms with Crippen molar-refractivity contribution >= 4 is 5.91 Å². The van der Waals surface area contributed by atoms with Gasteiger partial charge in [-0.3, -0.25) is 4.79 Å². The highest BCUT2D eigenvalue weighted by molar-refractivity contribution is 5.87. The van der Waals surface area contributed by atoms with Gasteiger partial charge in [-0.05, 0) is 25.3 Å². The molecule has 3 heteroatoms. The van der Waals surface area contributed by atoms with Gasteiger partial charge in [-0.25, -0.2) is 0 Å². The fourth-order valence-electron chi connectivity index (χ4n) is 1.17. The topological polar surface area (TPSA) is 49.3 Å². The summed E-state index contributed by atoms with van der Waals surface area (Å²) < 4.78 is 0. The van der Waals surface area contributed by atoms with E-state index in [4.69, 9.17) is 0 Å². The first-order chi connectivity index (χ1) is 6.63. The van der Waals surface area contributed by atoms with Gasteiger partial charge in [-0.2, -0.15) is 0 Å². The second-order valence-corrected chi connectivity index (χ2v) is 3.23. The van der Waals surface area contributed by atoms with Crippen molar-refractivity contribution < 1.29 is 9.90 Å². The van der Waals surface area contributed by atoms with E-state index >= 15 is 0 Å². The lowest BCUT2D eigenvalue weighted by atomic mass is 10.0. The Labute approximate surface area is 85.5 Å². The molecule has 0 radical (unpaired) electrons. The average Bonchev–Trinajstić information content (AvgIpc) is 2.17. The quantitative estimate of drug-likeness (QED) is 0.478. The van der Waals surface area contributed by atoms with Crippen LogP contribution in [0.4, 0.5) is 0 Å². The van der Waals surface area contributed by atoms with Crippen LogP contribution in [0.1, 0.15) is 26.2 Å². The van der Waals surface area contributed by atoms with E-state index in [9.17, 15) is 9.90 Å².